The number of carbonyl (C=O) groups is 2. The molecule has 1 atom stereocenters. The van der Waals surface area contributed by atoms with Gasteiger partial charge in [0.15, 0.2) is 0 Å². The summed E-state index contributed by atoms with van der Waals surface area (Å²) < 4.78 is 5.46. The minimum absolute atomic E-state index is 0.0153. The molecule has 0 unspecified atom stereocenters. The lowest BCUT2D eigenvalue weighted by atomic mass is 9.95. The molecule has 3 aromatic rings. The molecule has 0 aromatic heterocycles. The Morgan fingerprint density at radius 2 is 1.81 bits per heavy atom. The fourth-order valence-corrected chi connectivity index (χ4v) is 4.34. The van der Waals surface area contributed by atoms with Crippen molar-refractivity contribution in [3.8, 4) is 5.75 Å². The van der Waals surface area contributed by atoms with E-state index in [1.165, 1.54) is 0 Å². The highest BCUT2D eigenvalue weighted by molar-refractivity contribution is 5.90. The van der Waals surface area contributed by atoms with Gasteiger partial charge >= 0.3 is 0 Å². The Labute approximate surface area is 189 Å². The summed E-state index contributed by atoms with van der Waals surface area (Å²) in [4.78, 5) is 27.6. The van der Waals surface area contributed by atoms with E-state index in [1.807, 2.05) is 60.4 Å². The Kier molecular flexibility index (Phi) is 7.05. The maximum atomic E-state index is 13.0. The zero-order chi connectivity index (χ0) is 22.3. The predicted octanol–water partition coefficient (Wildman–Crippen LogP) is 4.34. The number of amides is 2. The third-order valence-corrected chi connectivity index (χ3v) is 6.07. The van der Waals surface area contributed by atoms with Gasteiger partial charge in [-0.3, -0.25) is 9.59 Å². The summed E-state index contributed by atoms with van der Waals surface area (Å²) in [5.74, 6) is 0.769. The van der Waals surface area contributed by atoms with Crippen molar-refractivity contribution in [1.82, 2.24) is 10.2 Å². The van der Waals surface area contributed by atoms with Crippen molar-refractivity contribution in [3.63, 3.8) is 0 Å². The van der Waals surface area contributed by atoms with Gasteiger partial charge in [0, 0.05) is 19.6 Å². The minimum Gasteiger partial charge on any atom is -0.494 e. The molecule has 0 saturated carbocycles. The van der Waals surface area contributed by atoms with E-state index in [0.29, 0.717) is 32.7 Å². The summed E-state index contributed by atoms with van der Waals surface area (Å²) in [5.41, 5.74) is 2.07. The van der Waals surface area contributed by atoms with Gasteiger partial charge in [0.2, 0.25) is 11.8 Å². The first kappa shape index (κ1) is 21.9. The summed E-state index contributed by atoms with van der Waals surface area (Å²) >= 11 is 0. The van der Waals surface area contributed by atoms with E-state index in [0.717, 1.165) is 40.5 Å². The number of likely N-dealkylation sites (tertiary alicyclic amines) is 1. The van der Waals surface area contributed by atoms with Crippen molar-refractivity contribution in [2.75, 3.05) is 19.7 Å². The van der Waals surface area contributed by atoms with Gasteiger partial charge in [0.25, 0.3) is 0 Å². The fourth-order valence-electron chi connectivity index (χ4n) is 4.34. The van der Waals surface area contributed by atoms with E-state index in [9.17, 15) is 9.59 Å². The lowest BCUT2D eigenvalue weighted by molar-refractivity contribution is -0.135. The summed E-state index contributed by atoms with van der Waals surface area (Å²) in [6, 6.07) is 22.0. The molecular formula is C27H30N2O3. The third kappa shape index (κ3) is 5.28. The molecule has 0 bridgehead atoms. The Morgan fingerprint density at radius 1 is 1.03 bits per heavy atom. The van der Waals surface area contributed by atoms with Crippen LogP contribution in [0.3, 0.4) is 0 Å². The fraction of sp³-hybridized carbons (Fsp3) is 0.333. The number of hydrogen-bond donors (Lipinski definition) is 1. The van der Waals surface area contributed by atoms with Gasteiger partial charge in [-0.05, 0) is 53.8 Å². The molecule has 3 aromatic carbocycles. The SMILES string of the molecule is CCOc1ccc(CNC(=O)[C@H]2CCCN(C(=O)Cc3cccc4ccccc34)C2)cc1. The molecule has 5 nitrogen and oxygen atoms in total. The summed E-state index contributed by atoms with van der Waals surface area (Å²) in [5, 5.41) is 5.29. The first-order chi connectivity index (χ1) is 15.6. The average molecular weight is 431 g/mol. The summed E-state index contributed by atoms with van der Waals surface area (Å²) in [7, 11) is 0. The number of hydrogen-bond acceptors (Lipinski definition) is 3. The molecule has 2 amide bonds. The normalized spacial score (nSPS) is 16.0. The Balaban J connectivity index is 1.33. The smallest absolute Gasteiger partial charge is 0.227 e. The van der Waals surface area contributed by atoms with E-state index in [4.69, 9.17) is 4.74 Å². The van der Waals surface area contributed by atoms with Crippen LogP contribution in [0.15, 0.2) is 66.7 Å². The van der Waals surface area contributed by atoms with Crippen molar-refractivity contribution in [2.24, 2.45) is 5.92 Å². The highest BCUT2D eigenvalue weighted by atomic mass is 16.5. The van der Waals surface area contributed by atoms with E-state index in [-0.39, 0.29) is 17.7 Å². The second kappa shape index (κ2) is 10.3. The molecule has 4 rings (SSSR count). The van der Waals surface area contributed by atoms with Crippen molar-refractivity contribution in [2.45, 2.75) is 32.7 Å². The van der Waals surface area contributed by atoms with E-state index in [1.54, 1.807) is 0 Å². The number of piperidine rings is 1. The molecule has 1 aliphatic rings. The Bertz CT molecular complexity index is 1070. The van der Waals surface area contributed by atoms with Gasteiger partial charge in [0.05, 0.1) is 18.9 Å². The molecule has 0 spiro atoms. The van der Waals surface area contributed by atoms with Crippen LogP contribution in [-0.2, 0) is 22.6 Å². The van der Waals surface area contributed by atoms with Crippen LogP contribution in [0, 0.1) is 5.92 Å². The second-order valence-electron chi connectivity index (χ2n) is 8.29. The molecule has 1 heterocycles. The zero-order valence-corrected chi connectivity index (χ0v) is 18.5. The standard InChI is InChI=1S/C27H30N2O3/c1-2-32-24-14-12-20(13-15-24)18-28-27(31)23-10-6-16-29(19-23)26(30)17-22-9-5-8-21-7-3-4-11-25(21)22/h3-5,7-9,11-15,23H,2,6,10,16-19H2,1H3,(H,28,31)/t23-/m0/s1. The number of nitrogens with zero attached hydrogens (tertiary/aromatic N) is 1. The Morgan fingerprint density at radius 3 is 2.62 bits per heavy atom. The van der Waals surface area contributed by atoms with Crippen LogP contribution in [0.25, 0.3) is 10.8 Å². The Hall–Kier alpha value is -3.34. The quantitative estimate of drug-likeness (QED) is 0.607. The van der Waals surface area contributed by atoms with Gasteiger partial charge in [-0.25, -0.2) is 0 Å². The van der Waals surface area contributed by atoms with Crippen molar-refractivity contribution >= 4 is 22.6 Å². The third-order valence-electron chi connectivity index (χ3n) is 6.07. The molecule has 0 aliphatic carbocycles. The maximum absolute atomic E-state index is 13.0. The van der Waals surface area contributed by atoms with Crippen LogP contribution in [-0.4, -0.2) is 36.4 Å². The van der Waals surface area contributed by atoms with E-state index < -0.39 is 0 Å². The number of fused-ring (bicyclic) bond motifs is 1. The maximum Gasteiger partial charge on any atom is 0.227 e. The summed E-state index contributed by atoms with van der Waals surface area (Å²) in [6.45, 7) is 4.26. The molecule has 1 saturated heterocycles. The van der Waals surface area contributed by atoms with Crippen LogP contribution < -0.4 is 10.1 Å². The first-order valence-corrected chi connectivity index (χ1v) is 11.4. The van der Waals surface area contributed by atoms with Crippen molar-refractivity contribution < 1.29 is 14.3 Å². The minimum atomic E-state index is -0.164. The number of rotatable bonds is 7. The van der Waals surface area contributed by atoms with Gasteiger partial charge in [-0.2, -0.15) is 0 Å². The molecule has 0 radical (unpaired) electrons. The van der Waals surface area contributed by atoms with Gasteiger partial charge < -0.3 is 15.0 Å². The number of benzene rings is 3. The topological polar surface area (TPSA) is 58.6 Å². The number of nitrogens with one attached hydrogen (secondary N) is 1. The average Bonchev–Trinajstić information content (AvgIpc) is 2.84. The van der Waals surface area contributed by atoms with Crippen LogP contribution in [0.5, 0.6) is 5.75 Å². The monoisotopic (exact) mass is 430 g/mol. The molecule has 1 aliphatic heterocycles. The van der Waals surface area contributed by atoms with Crippen LogP contribution in [0.1, 0.15) is 30.9 Å². The molecule has 1 N–H and O–H groups in total. The number of ether oxygens (including phenoxy) is 1. The van der Waals surface area contributed by atoms with Crippen LogP contribution in [0.2, 0.25) is 0 Å². The molecule has 166 valence electrons. The van der Waals surface area contributed by atoms with Crippen LogP contribution in [0.4, 0.5) is 0 Å². The highest BCUT2D eigenvalue weighted by Crippen LogP contribution is 2.22. The second-order valence-corrected chi connectivity index (χ2v) is 8.29. The molecule has 32 heavy (non-hydrogen) atoms. The largest absolute Gasteiger partial charge is 0.494 e. The van der Waals surface area contributed by atoms with Gasteiger partial charge in [-0.1, -0.05) is 54.6 Å². The highest BCUT2D eigenvalue weighted by Gasteiger charge is 2.28. The lowest BCUT2D eigenvalue weighted by Gasteiger charge is -2.32. The van der Waals surface area contributed by atoms with E-state index >= 15 is 0 Å². The van der Waals surface area contributed by atoms with Crippen LogP contribution >= 0.6 is 0 Å². The lowest BCUT2D eigenvalue weighted by Crippen LogP contribution is -2.45. The summed E-state index contributed by atoms with van der Waals surface area (Å²) in [6.07, 6.45) is 2.03. The first-order valence-electron chi connectivity index (χ1n) is 11.4. The predicted molar refractivity (Wildman–Crippen MR) is 126 cm³/mol. The molecular weight excluding hydrogens is 400 g/mol. The van der Waals surface area contributed by atoms with Gasteiger partial charge in [-0.15, -0.1) is 0 Å². The zero-order valence-electron chi connectivity index (χ0n) is 18.5. The van der Waals surface area contributed by atoms with Crippen molar-refractivity contribution in [1.29, 1.82) is 0 Å². The van der Waals surface area contributed by atoms with Gasteiger partial charge in [0.1, 0.15) is 5.75 Å². The molecule has 5 heteroatoms. The molecule has 1 fully saturated rings. The number of carbonyl (C=O) groups excluding carboxylic acids is 2. The van der Waals surface area contributed by atoms with Crippen molar-refractivity contribution in [3.05, 3.63) is 77.9 Å². The van der Waals surface area contributed by atoms with E-state index in [2.05, 4.69) is 23.5 Å².